The van der Waals surface area contributed by atoms with Crippen molar-refractivity contribution in [3.8, 4) is 5.75 Å². The SMILES string of the molecule is CCOC(=O)C(C)(N)COc1cc(C)cc(C)c1. The van der Waals surface area contributed by atoms with Crippen molar-refractivity contribution in [3.05, 3.63) is 29.3 Å². The van der Waals surface area contributed by atoms with Crippen LogP contribution in [0, 0.1) is 13.8 Å². The summed E-state index contributed by atoms with van der Waals surface area (Å²) in [5, 5.41) is 0. The van der Waals surface area contributed by atoms with Crippen LogP contribution in [0.1, 0.15) is 25.0 Å². The van der Waals surface area contributed by atoms with E-state index in [4.69, 9.17) is 15.2 Å². The van der Waals surface area contributed by atoms with Gasteiger partial charge in [-0.2, -0.15) is 0 Å². The smallest absolute Gasteiger partial charge is 0.329 e. The van der Waals surface area contributed by atoms with Gasteiger partial charge in [-0.25, -0.2) is 4.79 Å². The van der Waals surface area contributed by atoms with E-state index in [-0.39, 0.29) is 6.61 Å². The Kier molecular flexibility index (Phi) is 4.73. The lowest BCUT2D eigenvalue weighted by molar-refractivity contribution is -0.150. The Morgan fingerprint density at radius 3 is 2.33 bits per heavy atom. The van der Waals surface area contributed by atoms with Crippen LogP contribution in [0.25, 0.3) is 0 Å². The van der Waals surface area contributed by atoms with Crippen LogP contribution in [0.5, 0.6) is 5.75 Å². The molecule has 0 bridgehead atoms. The maximum atomic E-state index is 11.6. The fourth-order valence-corrected chi connectivity index (χ4v) is 1.60. The summed E-state index contributed by atoms with van der Waals surface area (Å²) in [7, 11) is 0. The molecule has 1 atom stereocenters. The molecular formula is C14H21NO3. The molecule has 100 valence electrons. The van der Waals surface area contributed by atoms with Crippen molar-refractivity contribution in [1.82, 2.24) is 0 Å². The Bertz CT molecular complexity index is 407. The molecule has 0 saturated carbocycles. The van der Waals surface area contributed by atoms with Gasteiger partial charge < -0.3 is 15.2 Å². The maximum Gasteiger partial charge on any atom is 0.329 e. The van der Waals surface area contributed by atoms with Crippen molar-refractivity contribution < 1.29 is 14.3 Å². The Balaban J connectivity index is 2.66. The number of ether oxygens (including phenoxy) is 2. The second-order valence-corrected chi connectivity index (χ2v) is 4.75. The Morgan fingerprint density at radius 2 is 1.83 bits per heavy atom. The minimum atomic E-state index is -1.13. The van der Waals surface area contributed by atoms with E-state index in [1.165, 1.54) is 0 Å². The molecule has 4 nitrogen and oxygen atoms in total. The summed E-state index contributed by atoms with van der Waals surface area (Å²) < 4.78 is 10.5. The number of rotatable bonds is 5. The van der Waals surface area contributed by atoms with Crippen molar-refractivity contribution in [1.29, 1.82) is 0 Å². The van der Waals surface area contributed by atoms with Crippen LogP contribution in [0.2, 0.25) is 0 Å². The molecule has 1 unspecified atom stereocenters. The minimum absolute atomic E-state index is 0.0920. The fourth-order valence-electron chi connectivity index (χ4n) is 1.60. The first-order valence-corrected chi connectivity index (χ1v) is 6.02. The van der Waals surface area contributed by atoms with E-state index < -0.39 is 11.5 Å². The lowest BCUT2D eigenvalue weighted by atomic mass is 10.1. The second kappa shape index (κ2) is 5.87. The summed E-state index contributed by atoms with van der Waals surface area (Å²) >= 11 is 0. The van der Waals surface area contributed by atoms with E-state index in [1.807, 2.05) is 26.0 Å². The number of carbonyl (C=O) groups is 1. The van der Waals surface area contributed by atoms with Crippen LogP contribution in [0.3, 0.4) is 0 Å². The largest absolute Gasteiger partial charge is 0.491 e. The summed E-state index contributed by atoms with van der Waals surface area (Å²) in [5.74, 6) is 0.267. The molecule has 18 heavy (non-hydrogen) atoms. The number of aryl methyl sites for hydroxylation is 2. The van der Waals surface area contributed by atoms with Crippen LogP contribution < -0.4 is 10.5 Å². The highest BCUT2D eigenvalue weighted by Gasteiger charge is 2.31. The average molecular weight is 251 g/mol. The summed E-state index contributed by atoms with van der Waals surface area (Å²) in [4.78, 5) is 11.6. The second-order valence-electron chi connectivity index (χ2n) is 4.75. The van der Waals surface area contributed by atoms with Gasteiger partial charge in [-0.3, -0.25) is 0 Å². The van der Waals surface area contributed by atoms with Crippen molar-refractivity contribution >= 4 is 5.97 Å². The minimum Gasteiger partial charge on any atom is -0.491 e. The van der Waals surface area contributed by atoms with Gasteiger partial charge in [-0.1, -0.05) is 6.07 Å². The lowest BCUT2D eigenvalue weighted by Crippen LogP contribution is -2.51. The number of carbonyl (C=O) groups excluding carboxylic acids is 1. The molecule has 0 amide bonds. The average Bonchev–Trinajstić information content (AvgIpc) is 2.25. The highest BCUT2D eigenvalue weighted by atomic mass is 16.5. The predicted octanol–water partition coefficient (Wildman–Crippen LogP) is 1.96. The fraction of sp³-hybridized carbons (Fsp3) is 0.500. The number of hydrogen-bond acceptors (Lipinski definition) is 4. The van der Waals surface area contributed by atoms with Gasteiger partial charge in [0.15, 0.2) is 0 Å². The first-order valence-electron chi connectivity index (χ1n) is 6.02. The van der Waals surface area contributed by atoms with Gasteiger partial charge in [-0.05, 0) is 51.0 Å². The zero-order chi connectivity index (χ0) is 13.8. The monoisotopic (exact) mass is 251 g/mol. The third-order valence-corrected chi connectivity index (χ3v) is 2.48. The molecule has 0 radical (unpaired) electrons. The first kappa shape index (κ1) is 14.5. The lowest BCUT2D eigenvalue weighted by Gasteiger charge is -2.22. The zero-order valence-electron chi connectivity index (χ0n) is 11.4. The third-order valence-electron chi connectivity index (χ3n) is 2.48. The topological polar surface area (TPSA) is 61.5 Å². The van der Waals surface area contributed by atoms with Crippen molar-refractivity contribution in [2.24, 2.45) is 5.73 Å². The summed E-state index contributed by atoms with van der Waals surface area (Å²) in [6, 6.07) is 5.88. The Morgan fingerprint density at radius 1 is 1.28 bits per heavy atom. The first-order chi connectivity index (χ1) is 8.35. The van der Waals surface area contributed by atoms with E-state index in [2.05, 4.69) is 6.07 Å². The van der Waals surface area contributed by atoms with Crippen LogP contribution in [0.4, 0.5) is 0 Å². The molecule has 0 heterocycles. The van der Waals surface area contributed by atoms with Crippen LogP contribution in [0.15, 0.2) is 18.2 Å². The molecule has 1 aromatic carbocycles. The summed E-state index contributed by atoms with van der Waals surface area (Å²) in [5.41, 5.74) is 6.96. The van der Waals surface area contributed by atoms with E-state index >= 15 is 0 Å². The number of nitrogens with two attached hydrogens (primary N) is 1. The molecule has 0 aliphatic rings. The van der Waals surface area contributed by atoms with Gasteiger partial charge in [-0.15, -0.1) is 0 Å². The molecule has 4 heteroatoms. The summed E-state index contributed by atoms with van der Waals surface area (Å²) in [6.07, 6.45) is 0. The highest BCUT2D eigenvalue weighted by Crippen LogP contribution is 2.17. The highest BCUT2D eigenvalue weighted by molar-refractivity contribution is 5.80. The van der Waals surface area contributed by atoms with Gasteiger partial charge in [0.1, 0.15) is 17.9 Å². The number of hydrogen-bond donors (Lipinski definition) is 1. The van der Waals surface area contributed by atoms with Gasteiger partial charge in [0.05, 0.1) is 6.61 Å². The summed E-state index contributed by atoms with van der Waals surface area (Å²) in [6.45, 7) is 7.75. The standard InChI is InChI=1S/C14H21NO3/c1-5-17-13(16)14(4,15)9-18-12-7-10(2)6-11(3)8-12/h6-8H,5,9,15H2,1-4H3. The van der Waals surface area contributed by atoms with E-state index in [0.717, 1.165) is 11.1 Å². The van der Waals surface area contributed by atoms with Crippen LogP contribution in [-0.2, 0) is 9.53 Å². The molecule has 1 aromatic rings. The molecular weight excluding hydrogens is 230 g/mol. The Labute approximate surface area is 108 Å². The molecule has 0 spiro atoms. The molecule has 2 N–H and O–H groups in total. The number of benzene rings is 1. The van der Waals surface area contributed by atoms with Gasteiger partial charge in [0.25, 0.3) is 0 Å². The quantitative estimate of drug-likeness (QED) is 0.813. The zero-order valence-corrected chi connectivity index (χ0v) is 11.4. The molecule has 0 aromatic heterocycles. The van der Waals surface area contributed by atoms with Crippen molar-refractivity contribution in [2.45, 2.75) is 33.2 Å². The van der Waals surface area contributed by atoms with Crippen LogP contribution >= 0.6 is 0 Å². The van der Waals surface area contributed by atoms with Gasteiger partial charge >= 0.3 is 5.97 Å². The molecule has 0 fully saturated rings. The van der Waals surface area contributed by atoms with Gasteiger partial charge in [0.2, 0.25) is 0 Å². The number of esters is 1. The maximum absolute atomic E-state index is 11.6. The van der Waals surface area contributed by atoms with Crippen LogP contribution in [-0.4, -0.2) is 24.7 Å². The molecule has 1 rings (SSSR count). The Hall–Kier alpha value is -1.55. The molecule has 0 aliphatic heterocycles. The predicted molar refractivity (Wildman–Crippen MR) is 70.6 cm³/mol. The molecule has 0 saturated heterocycles. The molecule has 0 aliphatic carbocycles. The third kappa shape index (κ3) is 4.04. The van der Waals surface area contributed by atoms with E-state index in [0.29, 0.717) is 12.4 Å². The normalized spacial score (nSPS) is 13.8. The van der Waals surface area contributed by atoms with Gasteiger partial charge in [0, 0.05) is 0 Å². The van der Waals surface area contributed by atoms with Crippen molar-refractivity contribution in [3.63, 3.8) is 0 Å². The van der Waals surface area contributed by atoms with Crippen molar-refractivity contribution in [2.75, 3.05) is 13.2 Å². The van der Waals surface area contributed by atoms with E-state index in [1.54, 1.807) is 13.8 Å². The van der Waals surface area contributed by atoms with E-state index in [9.17, 15) is 4.79 Å².